The van der Waals surface area contributed by atoms with Gasteiger partial charge in [-0.3, -0.25) is 0 Å². The van der Waals surface area contributed by atoms with Gasteiger partial charge in [-0.2, -0.15) is 4.31 Å². The molecule has 1 aromatic carbocycles. The van der Waals surface area contributed by atoms with E-state index in [4.69, 9.17) is 10.5 Å². The van der Waals surface area contributed by atoms with Crippen LogP contribution in [0.15, 0.2) is 23.1 Å². The fourth-order valence-electron chi connectivity index (χ4n) is 1.82. The molecule has 6 heteroatoms. The largest absolute Gasteiger partial charge is 0.495 e. The maximum Gasteiger partial charge on any atom is 0.246 e. The molecule has 0 aliphatic rings. The lowest BCUT2D eigenvalue weighted by Crippen LogP contribution is -2.32. The number of hydrogen-bond donors (Lipinski definition) is 1. The summed E-state index contributed by atoms with van der Waals surface area (Å²) in [4.78, 5) is 0.132. The van der Waals surface area contributed by atoms with E-state index in [1.807, 2.05) is 13.8 Å². The van der Waals surface area contributed by atoms with Gasteiger partial charge in [0.2, 0.25) is 10.0 Å². The molecule has 0 saturated carbocycles. The Bertz CT molecular complexity index is 515. The van der Waals surface area contributed by atoms with Crippen LogP contribution in [0.3, 0.4) is 0 Å². The van der Waals surface area contributed by atoms with Crippen molar-refractivity contribution in [3.8, 4) is 5.75 Å². The third-order valence-corrected chi connectivity index (χ3v) is 4.91. The first-order valence-corrected chi connectivity index (χ1v) is 7.85. The summed E-state index contributed by atoms with van der Waals surface area (Å²) in [7, 11) is -2.11. The van der Waals surface area contributed by atoms with Gasteiger partial charge in [-0.05, 0) is 24.6 Å². The van der Waals surface area contributed by atoms with Crippen LogP contribution in [0.4, 0.5) is 5.69 Å². The Morgan fingerprint density at radius 2 is 2.00 bits per heavy atom. The first kappa shape index (κ1) is 15.8. The molecule has 0 radical (unpaired) electrons. The number of anilines is 1. The van der Waals surface area contributed by atoms with E-state index < -0.39 is 10.0 Å². The van der Waals surface area contributed by atoms with Gasteiger partial charge in [0.05, 0.1) is 7.11 Å². The van der Waals surface area contributed by atoms with E-state index in [9.17, 15) is 8.42 Å². The van der Waals surface area contributed by atoms with E-state index in [1.165, 1.54) is 17.5 Å². The lowest BCUT2D eigenvalue weighted by molar-refractivity contribution is 0.390. The number of nitrogens with two attached hydrogens (primary N) is 1. The highest BCUT2D eigenvalue weighted by molar-refractivity contribution is 7.89. The summed E-state index contributed by atoms with van der Waals surface area (Å²) in [5.41, 5.74) is 6.09. The molecule has 0 amide bonds. The highest BCUT2D eigenvalue weighted by Gasteiger charge is 2.26. The van der Waals surface area contributed by atoms with Crippen molar-refractivity contribution in [2.75, 3.05) is 25.9 Å². The molecule has 1 aromatic rings. The van der Waals surface area contributed by atoms with E-state index >= 15 is 0 Å². The first-order valence-electron chi connectivity index (χ1n) is 6.41. The van der Waals surface area contributed by atoms with Crippen molar-refractivity contribution in [1.82, 2.24) is 4.31 Å². The molecular formula is C13H22N2O3S. The van der Waals surface area contributed by atoms with Crippen LogP contribution < -0.4 is 10.5 Å². The SMILES string of the molecule is CCCCN(CC)S(=O)(=O)c1cc(N)ccc1OC. The molecule has 19 heavy (non-hydrogen) atoms. The zero-order chi connectivity index (χ0) is 14.5. The Morgan fingerprint density at radius 3 is 2.53 bits per heavy atom. The van der Waals surface area contributed by atoms with Crippen LogP contribution in [-0.4, -0.2) is 32.9 Å². The van der Waals surface area contributed by atoms with Gasteiger partial charge in [-0.1, -0.05) is 20.3 Å². The van der Waals surface area contributed by atoms with Crippen molar-refractivity contribution >= 4 is 15.7 Å². The number of benzene rings is 1. The van der Waals surface area contributed by atoms with E-state index in [-0.39, 0.29) is 4.90 Å². The molecule has 0 saturated heterocycles. The smallest absolute Gasteiger partial charge is 0.246 e. The quantitative estimate of drug-likeness (QED) is 0.779. The zero-order valence-corrected chi connectivity index (χ0v) is 12.5. The summed E-state index contributed by atoms with van der Waals surface area (Å²) in [5.74, 6) is 0.323. The molecule has 5 nitrogen and oxygen atoms in total. The maximum absolute atomic E-state index is 12.6. The maximum atomic E-state index is 12.6. The predicted molar refractivity (Wildman–Crippen MR) is 76.7 cm³/mol. The summed E-state index contributed by atoms with van der Waals surface area (Å²) >= 11 is 0. The molecule has 1 rings (SSSR count). The molecule has 0 atom stereocenters. The number of ether oxygens (including phenoxy) is 1. The van der Waals surface area contributed by atoms with Crippen LogP contribution in [0, 0.1) is 0 Å². The molecule has 108 valence electrons. The standard InChI is InChI=1S/C13H22N2O3S/c1-4-6-9-15(5-2)19(16,17)13-10-11(14)7-8-12(13)18-3/h7-8,10H,4-6,9,14H2,1-3H3. The third-order valence-electron chi connectivity index (χ3n) is 2.92. The number of hydrogen-bond acceptors (Lipinski definition) is 4. The molecule has 0 aliphatic carbocycles. The second-order valence-electron chi connectivity index (χ2n) is 4.26. The van der Waals surface area contributed by atoms with Crippen molar-refractivity contribution in [3.63, 3.8) is 0 Å². The summed E-state index contributed by atoms with van der Waals surface area (Å²) in [5, 5.41) is 0. The fourth-order valence-corrected chi connectivity index (χ4v) is 3.49. The van der Waals surface area contributed by atoms with Crippen molar-refractivity contribution in [2.45, 2.75) is 31.6 Å². The normalized spacial score (nSPS) is 11.8. The van der Waals surface area contributed by atoms with Gasteiger partial charge in [-0.25, -0.2) is 8.42 Å². The molecule has 0 aliphatic heterocycles. The summed E-state index contributed by atoms with van der Waals surface area (Å²) in [6.45, 7) is 4.79. The van der Waals surface area contributed by atoms with E-state index in [2.05, 4.69) is 0 Å². The van der Waals surface area contributed by atoms with Crippen LogP contribution >= 0.6 is 0 Å². The van der Waals surface area contributed by atoms with Crippen molar-refractivity contribution in [3.05, 3.63) is 18.2 Å². The summed E-state index contributed by atoms with van der Waals surface area (Å²) in [6.07, 6.45) is 1.78. The molecular weight excluding hydrogens is 264 g/mol. The number of unbranched alkanes of at least 4 members (excludes halogenated alkanes) is 1. The van der Waals surface area contributed by atoms with Crippen molar-refractivity contribution in [2.24, 2.45) is 0 Å². The van der Waals surface area contributed by atoms with Gasteiger partial charge in [0.15, 0.2) is 0 Å². The monoisotopic (exact) mass is 286 g/mol. The van der Waals surface area contributed by atoms with Crippen LogP contribution in [0.2, 0.25) is 0 Å². The molecule has 0 heterocycles. The number of methoxy groups -OCH3 is 1. The van der Waals surface area contributed by atoms with Crippen LogP contribution in [0.5, 0.6) is 5.75 Å². The second-order valence-corrected chi connectivity index (χ2v) is 6.17. The fraction of sp³-hybridized carbons (Fsp3) is 0.538. The predicted octanol–water partition coefficient (Wildman–Crippen LogP) is 2.09. The highest BCUT2D eigenvalue weighted by Crippen LogP contribution is 2.28. The number of rotatable bonds is 7. The average molecular weight is 286 g/mol. The number of sulfonamides is 1. The average Bonchev–Trinajstić information content (AvgIpc) is 2.39. The van der Waals surface area contributed by atoms with Crippen LogP contribution in [0.1, 0.15) is 26.7 Å². The van der Waals surface area contributed by atoms with Crippen molar-refractivity contribution < 1.29 is 13.2 Å². The lowest BCUT2D eigenvalue weighted by Gasteiger charge is -2.21. The van der Waals surface area contributed by atoms with Gasteiger partial charge < -0.3 is 10.5 Å². The minimum atomic E-state index is -3.56. The molecule has 0 fully saturated rings. The summed E-state index contributed by atoms with van der Waals surface area (Å²) in [6, 6.07) is 4.65. The number of nitrogen functional groups attached to an aromatic ring is 1. The molecule has 0 unspecified atom stereocenters. The molecule has 0 bridgehead atoms. The van der Waals surface area contributed by atoms with Crippen LogP contribution in [-0.2, 0) is 10.0 Å². The molecule has 2 N–H and O–H groups in total. The Kier molecular flexibility index (Phi) is 5.62. The molecule has 0 aromatic heterocycles. The highest BCUT2D eigenvalue weighted by atomic mass is 32.2. The van der Waals surface area contributed by atoms with Gasteiger partial charge in [-0.15, -0.1) is 0 Å². The van der Waals surface area contributed by atoms with Crippen molar-refractivity contribution in [1.29, 1.82) is 0 Å². The lowest BCUT2D eigenvalue weighted by atomic mass is 10.3. The molecule has 0 spiro atoms. The summed E-state index contributed by atoms with van der Waals surface area (Å²) < 4.78 is 31.8. The Hall–Kier alpha value is -1.27. The van der Waals surface area contributed by atoms with Gasteiger partial charge in [0.25, 0.3) is 0 Å². The van der Waals surface area contributed by atoms with Gasteiger partial charge in [0.1, 0.15) is 10.6 Å². The Labute approximate surface area is 115 Å². The minimum Gasteiger partial charge on any atom is -0.495 e. The first-order chi connectivity index (χ1) is 8.97. The van der Waals surface area contributed by atoms with E-state index in [1.54, 1.807) is 12.1 Å². The number of nitrogens with zero attached hydrogens (tertiary/aromatic N) is 1. The second kappa shape index (κ2) is 6.77. The Balaban J connectivity index is 3.20. The van der Waals surface area contributed by atoms with E-state index in [0.29, 0.717) is 24.5 Å². The topological polar surface area (TPSA) is 72.6 Å². The van der Waals surface area contributed by atoms with E-state index in [0.717, 1.165) is 12.8 Å². The van der Waals surface area contributed by atoms with Crippen LogP contribution in [0.25, 0.3) is 0 Å². The third kappa shape index (κ3) is 3.61. The zero-order valence-electron chi connectivity index (χ0n) is 11.7. The Morgan fingerprint density at radius 1 is 1.32 bits per heavy atom. The minimum absolute atomic E-state index is 0.132. The van der Waals surface area contributed by atoms with Gasteiger partial charge in [0, 0.05) is 18.8 Å². The van der Waals surface area contributed by atoms with Gasteiger partial charge >= 0.3 is 0 Å².